The quantitative estimate of drug-likeness (QED) is 0.872. The molecule has 1 heterocycles. The summed E-state index contributed by atoms with van der Waals surface area (Å²) in [5.41, 5.74) is 4.68. The lowest BCUT2D eigenvalue weighted by Gasteiger charge is -2.19. The van der Waals surface area contributed by atoms with Crippen LogP contribution < -0.4 is 5.32 Å². The molecule has 0 bridgehead atoms. The summed E-state index contributed by atoms with van der Waals surface area (Å²) < 4.78 is 6.99. The first-order valence-electron chi connectivity index (χ1n) is 8.40. The molecule has 0 atom stereocenters. The molecule has 0 aliphatic heterocycles. The van der Waals surface area contributed by atoms with Crippen LogP contribution in [0.1, 0.15) is 37.5 Å². The molecule has 6 nitrogen and oxygen atoms in total. The maximum absolute atomic E-state index is 11.6. The van der Waals surface area contributed by atoms with Crippen molar-refractivity contribution in [2.24, 2.45) is 0 Å². The van der Waals surface area contributed by atoms with E-state index in [0.29, 0.717) is 13.1 Å². The van der Waals surface area contributed by atoms with Crippen molar-refractivity contribution >= 4 is 6.09 Å². The second-order valence-electron chi connectivity index (χ2n) is 7.17. The molecule has 6 heteroatoms. The van der Waals surface area contributed by atoms with Gasteiger partial charge in [0.1, 0.15) is 5.60 Å². The molecule has 0 spiro atoms. The molecular formula is C19H27N3O3. The number of carbonyl (C=O) groups excluding carboxylic acids is 1. The van der Waals surface area contributed by atoms with E-state index >= 15 is 0 Å². The molecule has 2 N–H and O–H groups in total. The van der Waals surface area contributed by atoms with Crippen LogP contribution in [0.4, 0.5) is 4.79 Å². The minimum absolute atomic E-state index is 0.0492. The van der Waals surface area contributed by atoms with Gasteiger partial charge in [-0.25, -0.2) is 4.79 Å². The molecule has 0 fully saturated rings. The van der Waals surface area contributed by atoms with Crippen LogP contribution in [0.5, 0.6) is 0 Å². The summed E-state index contributed by atoms with van der Waals surface area (Å²) in [4.78, 5) is 11.6. The molecule has 2 rings (SSSR count). The van der Waals surface area contributed by atoms with Gasteiger partial charge in [0.15, 0.2) is 0 Å². The highest BCUT2D eigenvalue weighted by molar-refractivity contribution is 5.67. The Morgan fingerprint density at radius 3 is 2.44 bits per heavy atom. The second-order valence-corrected chi connectivity index (χ2v) is 7.17. The molecule has 0 saturated heterocycles. The smallest absolute Gasteiger partial charge is 0.407 e. The minimum atomic E-state index is -0.501. The molecule has 0 aliphatic rings. The van der Waals surface area contributed by atoms with Gasteiger partial charge in [-0.1, -0.05) is 12.1 Å². The van der Waals surface area contributed by atoms with Crippen molar-refractivity contribution in [3.05, 3.63) is 41.2 Å². The van der Waals surface area contributed by atoms with E-state index in [-0.39, 0.29) is 6.61 Å². The standard InChI is InChI=1S/C19H27N3O3/c1-13-8-15(9-14(2)17(13)12-23)16-10-21-22(11-16)7-6-20-18(24)25-19(3,4)5/h8-11,23H,6-7,12H2,1-5H3,(H,20,24). The van der Waals surface area contributed by atoms with E-state index in [2.05, 4.69) is 22.5 Å². The number of nitrogens with zero attached hydrogens (tertiary/aromatic N) is 2. The first-order valence-corrected chi connectivity index (χ1v) is 8.40. The van der Waals surface area contributed by atoms with Crippen molar-refractivity contribution in [3.63, 3.8) is 0 Å². The van der Waals surface area contributed by atoms with Gasteiger partial charge in [-0.2, -0.15) is 5.10 Å². The molecule has 25 heavy (non-hydrogen) atoms. The van der Waals surface area contributed by atoms with Gasteiger partial charge in [0, 0.05) is 18.3 Å². The third-order valence-electron chi connectivity index (χ3n) is 3.83. The summed E-state index contributed by atoms with van der Waals surface area (Å²) in [7, 11) is 0. The van der Waals surface area contributed by atoms with Crippen molar-refractivity contribution in [1.29, 1.82) is 0 Å². The monoisotopic (exact) mass is 345 g/mol. The summed E-state index contributed by atoms with van der Waals surface area (Å²) in [6.07, 6.45) is 3.33. The second kappa shape index (κ2) is 7.70. The zero-order valence-electron chi connectivity index (χ0n) is 15.6. The van der Waals surface area contributed by atoms with E-state index in [1.54, 1.807) is 10.9 Å². The number of aromatic nitrogens is 2. The van der Waals surface area contributed by atoms with E-state index in [9.17, 15) is 9.90 Å². The molecule has 1 aromatic heterocycles. The third kappa shape index (κ3) is 5.32. The fourth-order valence-electron chi connectivity index (χ4n) is 2.63. The van der Waals surface area contributed by atoms with Crippen LogP contribution in [0.15, 0.2) is 24.5 Å². The molecule has 1 aromatic carbocycles. The van der Waals surface area contributed by atoms with Crippen molar-refractivity contribution in [2.45, 2.75) is 53.4 Å². The minimum Gasteiger partial charge on any atom is -0.444 e. The molecule has 0 radical (unpaired) electrons. The van der Waals surface area contributed by atoms with Gasteiger partial charge in [-0.05, 0) is 56.9 Å². The van der Waals surface area contributed by atoms with Gasteiger partial charge in [0.05, 0.1) is 19.3 Å². The van der Waals surface area contributed by atoms with Crippen LogP contribution in [-0.4, -0.2) is 33.1 Å². The van der Waals surface area contributed by atoms with Crippen LogP contribution in [0.2, 0.25) is 0 Å². The number of alkyl carbamates (subject to hydrolysis) is 1. The van der Waals surface area contributed by atoms with E-state index in [1.807, 2.05) is 40.8 Å². The summed E-state index contributed by atoms with van der Waals surface area (Å²) >= 11 is 0. The number of aliphatic hydroxyl groups excluding tert-OH is 1. The van der Waals surface area contributed by atoms with E-state index in [1.165, 1.54) is 0 Å². The Kier molecular flexibility index (Phi) is 5.85. The largest absolute Gasteiger partial charge is 0.444 e. The average molecular weight is 345 g/mol. The van der Waals surface area contributed by atoms with Crippen LogP contribution in [0, 0.1) is 13.8 Å². The topological polar surface area (TPSA) is 76.4 Å². The lowest BCUT2D eigenvalue weighted by atomic mass is 9.97. The Morgan fingerprint density at radius 2 is 1.88 bits per heavy atom. The van der Waals surface area contributed by atoms with E-state index < -0.39 is 11.7 Å². The lowest BCUT2D eigenvalue weighted by molar-refractivity contribution is 0.0525. The first kappa shape index (κ1) is 19.0. The zero-order valence-corrected chi connectivity index (χ0v) is 15.6. The molecule has 1 amide bonds. The van der Waals surface area contributed by atoms with Gasteiger partial charge in [0.2, 0.25) is 0 Å². The number of rotatable bonds is 5. The van der Waals surface area contributed by atoms with Gasteiger partial charge < -0.3 is 15.2 Å². The fraction of sp³-hybridized carbons (Fsp3) is 0.474. The Hall–Kier alpha value is -2.34. The maximum atomic E-state index is 11.6. The highest BCUT2D eigenvalue weighted by atomic mass is 16.6. The van der Waals surface area contributed by atoms with E-state index in [0.717, 1.165) is 27.8 Å². The first-order chi connectivity index (χ1) is 11.7. The zero-order chi connectivity index (χ0) is 18.6. The number of aryl methyl sites for hydroxylation is 2. The number of benzene rings is 1. The van der Waals surface area contributed by atoms with E-state index in [4.69, 9.17) is 4.74 Å². The molecule has 0 aliphatic carbocycles. The number of nitrogens with one attached hydrogen (secondary N) is 1. The van der Waals surface area contributed by atoms with Crippen molar-refractivity contribution < 1.29 is 14.6 Å². The molecule has 0 unspecified atom stereocenters. The third-order valence-corrected chi connectivity index (χ3v) is 3.83. The summed E-state index contributed by atoms with van der Waals surface area (Å²) in [6.45, 7) is 10.5. The molecule has 2 aromatic rings. The van der Waals surface area contributed by atoms with Gasteiger partial charge in [-0.15, -0.1) is 0 Å². The van der Waals surface area contributed by atoms with Crippen molar-refractivity contribution in [2.75, 3.05) is 6.54 Å². The SMILES string of the molecule is Cc1cc(-c2cnn(CCNC(=O)OC(C)(C)C)c2)cc(C)c1CO. The molecule has 0 saturated carbocycles. The number of hydrogen-bond acceptors (Lipinski definition) is 4. The summed E-state index contributed by atoms with van der Waals surface area (Å²) in [5.74, 6) is 0. The summed E-state index contributed by atoms with van der Waals surface area (Å²) in [5, 5.41) is 16.5. The Labute approximate surface area is 148 Å². The van der Waals surface area contributed by atoms with Crippen LogP contribution in [-0.2, 0) is 17.9 Å². The van der Waals surface area contributed by atoms with Crippen LogP contribution in [0.25, 0.3) is 11.1 Å². The fourth-order valence-corrected chi connectivity index (χ4v) is 2.63. The number of hydrogen-bond donors (Lipinski definition) is 2. The predicted molar refractivity (Wildman–Crippen MR) is 97.3 cm³/mol. The Balaban J connectivity index is 1.98. The normalized spacial score (nSPS) is 11.4. The van der Waals surface area contributed by atoms with Gasteiger partial charge in [0.25, 0.3) is 0 Å². The Morgan fingerprint density at radius 1 is 1.24 bits per heavy atom. The van der Waals surface area contributed by atoms with Gasteiger partial charge in [-0.3, -0.25) is 4.68 Å². The highest BCUT2D eigenvalue weighted by Crippen LogP contribution is 2.25. The van der Waals surface area contributed by atoms with Gasteiger partial charge >= 0.3 is 6.09 Å². The predicted octanol–water partition coefficient (Wildman–Crippen LogP) is 3.18. The van der Waals surface area contributed by atoms with Crippen LogP contribution >= 0.6 is 0 Å². The van der Waals surface area contributed by atoms with Crippen molar-refractivity contribution in [1.82, 2.24) is 15.1 Å². The number of ether oxygens (including phenoxy) is 1. The number of amides is 1. The molecular weight excluding hydrogens is 318 g/mol. The lowest BCUT2D eigenvalue weighted by Crippen LogP contribution is -2.34. The Bertz CT molecular complexity index is 722. The molecule has 136 valence electrons. The number of carbonyl (C=O) groups is 1. The average Bonchev–Trinajstić information content (AvgIpc) is 2.94. The summed E-state index contributed by atoms with van der Waals surface area (Å²) in [6, 6.07) is 4.11. The van der Waals surface area contributed by atoms with Crippen molar-refractivity contribution in [3.8, 4) is 11.1 Å². The van der Waals surface area contributed by atoms with Crippen LogP contribution in [0.3, 0.4) is 0 Å². The maximum Gasteiger partial charge on any atom is 0.407 e. The number of aliphatic hydroxyl groups is 1. The highest BCUT2D eigenvalue weighted by Gasteiger charge is 2.15.